The normalized spacial score (nSPS) is 22.4. The van der Waals surface area contributed by atoms with Gasteiger partial charge in [-0.05, 0) is 32.6 Å². The van der Waals surface area contributed by atoms with Gasteiger partial charge >= 0.3 is 0 Å². The molecule has 2 N–H and O–H groups in total. The van der Waals surface area contributed by atoms with Crippen LogP contribution in [0, 0.1) is 0 Å². The number of nitrogens with one attached hydrogen (secondary N) is 2. The maximum atomic E-state index is 11.5. The summed E-state index contributed by atoms with van der Waals surface area (Å²) in [6, 6.07) is 0.767. The van der Waals surface area contributed by atoms with Crippen molar-refractivity contribution in [2.75, 3.05) is 6.54 Å². The lowest BCUT2D eigenvalue weighted by Crippen LogP contribution is -2.42. The van der Waals surface area contributed by atoms with Crippen LogP contribution in [0.4, 0.5) is 0 Å². The van der Waals surface area contributed by atoms with Gasteiger partial charge in [-0.2, -0.15) is 0 Å². The van der Waals surface area contributed by atoms with Crippen molar-refractivity contribution in [2.24, 2.45) is 0 Å². The topological polar surface area (TPSA) is 41.1 Å². The molecule has 2 atom stereocenters. The largest absolute Gasteiger partial charge is 0.353 e. The Hall–Kier alpha value is -0.830. The molecule has 0 bridgehead atoms. The van der Waals surface area contributed by atoms with Gasteiger partial charge in [0.2, 0.25) is 5.91 Å². The van der Waals surface area contributed by atoms with E-state index in [1.165, 1.54) is 0 Å². The van der Waals surface area contributed by atoms with Gasteiger partial charge in [-0.25, -0.2) is 0 Å². The quantitative estimate of drug-likeness (QED) is 0.677. The molecule has 1 amide bonds. The molecule has 0 saturated carbocycles. The van der Waals surface area contributed by atoms with E-state index in [0.717, 1.165) is 25.7 Å². The molecule has 1 aliphatic carbocycles. The summed E-state index contributed by atoms with van der Waals surface area (Å²) in [5.41, 5.74) is 0. The predicted molar refractivity (Wildman–Crippen MR) is 62.7 cm³/mol. The smallest absolute Gasteiger partial charge is 0.234 e. The third-order valence-electron chi connectivity index (χ3n) is 2.84. The van der Waals surface area contributed by atoms with Gasteiger partial charge in [0.1, 0.15) is 0 Å². The van der Waals surface area contributed by atoms with Crippen molar-refractivity contribution < 1.29 is 4.79 Å². The van der Waals surface area contributed by atoms with Crippen LogP contribution in [0.5, 0.6) is 0 Å². The van der Waals surface area contributed by atoms with E-state index in [1.807, 2.05) is 6.92 Å². The zero-order chi connectivity index (χ0) is 11.1. The van der Waals surface area contributed by atoms with Gasteiger partial charge in [-0.15, -0.1) is 0 Å². The van der Waals surface area contributed by atoms with Gasteiger partial charge in [0.15, 0.2) is 0 Å². The lowest BCUT2D eigenvalue weighted by atomic mass is 10.0. The monoisotopic (exact) mass is 210 g/mol. The Morgan fingerprint density at radius 2 is 2.33 bits per heavy atom. The summed E-state index contributed by atoms with van der Waals surface area (Å²) in [6.45, 7) is 4.55. The van der Waals surface area contributed by atoms with Crippen LogP contribution in [0.1, 0.15) is 39.5 Å². The van der Waals surface area contributed by atoms with E-state index >= 15 is 0 Å². The summed E-state index contributed by atoms with van der Waals surface area (Å²) in [5.74, 6) is 0.110. The molecular weight excluding hydrogens is 188 g/mol. The van der Waals surface area contributed by atoms with Gasteiger partial charge in [-0.3, -0.25) is 4.79 Å². The van der Waals surface area contributed by atoms with Crippen LogP contribution in [-0.4, -0.2) is 24.5 Å². The van der Waals surface area contributed by atoms with Crippen molar-refractivity contribution in [2.45, 2.75) is 51.6 Å². The van der Waals surface area contributed by atoms with Crippen molar-refractivity contribution in [3.8, 4) is 0 Å². The summed E-state index contributed by atoms with van der Waals surface area (Å²) in [5, 5.41) is 6.24. The molecular formula is C12H22N2O. The highest BCUT2D eigenvalue weighted by Crippen LogP contribution is 2.09. The Labute approximate surface area is 92.3 Å². The first-order chi connectivity index (χ1) is 7.22. The molecule has 0 aromatic carbocycles. The van der Waals surface area contributed by atoms with Gasteiger partial charge in [0, 0.05) is 12.1 Å². The summed E-state index contributed by atoms with van der Waals surface area (Å²) in [6.07, 6.45) is 8.71. The fourth-order valence-corrected chi connectivity index (χ4v) is 1.64. The molecule has 0 aromatic heterocycles. The van der Waals surface area contributed by atoms with Crippen molar-refractivity contribution in [3.05, 3.63) is 12.2 Å². The predicted octanol–water partition coefficient (Wildman–Crippen LogP) is 1.60. The lowest BCUT2D eigenvalue weighted by Gasteiger charge is -2.19. The summed E-state index contributed by atoms with van der Waals surface area (Å²) < 4.78 is 0. The molecule has 1 rings (SSSR count). The number of carbonyl (C=O) groups is 1. The molecule has 0 saturated heterocycles. The number of rotatable bonds is 5. The fourth-order valence-electron chi connectivity index (χ4n) is 1.64. The molecule has 0 radical (unpaired) electrons. The lowest BCUT2D eigenvalue weighted by molar-refractivity contribution is -0.121. The minimum absolute atomic E-state index is 0.110. The van der Waals surface area contributed by atoms with E-state index in [0.29, 0.717) is 12.6 Å². The van der Waals surface area contributed by atoms with Crippen LogP contribution in [0.2, 0.25) is 0 Å². The SMILES string of the molecule is CCC(C)NC(=O)CNC1CC=CCC1. The van der Waals surface area contributed by atoms with Crippen LogP contribution in [0.15, 0.2) is 12.2 Å². The van der Waals surface area contributed by atoms with E-state index < -0.39 is 0 Å². The van der Waals surface area contributed by atoms with Gasteiger partial charge in [-0.1, -0.05) is 19.1 Å². The molecule has 0 aliphatic heterocycles. The maximum Gasteiger partial charge on any atom is 0.234 e. The summed E-state index contributed by atoms with van der Waals surface area (Å²) in [4.78, 5) is 11.5. The molecule has 86 valence electrons. The zero-order valence-electron chi connectivity index (χ0n) is 9.75. The number of hydrogen-bond donors (Lipinski definition) is 2. The molecule has 0 aromatic rings. The highest BCUT2D eigenvalue weighted by Gasteiger charge is 2.11. The minimum Gasteiger partial charge on any atom is -0.353 e. The summed E-state index contributed by atoms with van der Waals surface area (Å²) in [7, 11) is 0. The Morgan fingerprint density at radius 1 is 1.53 bits per heavy atom. The number of allylic oxidation sites excluding steroid dienone is 1. The molecule has 15 heavy (non-hydrogen) atoms. The number of amides is 1. The Morgan fingerprint density at radius 3 is 2.93 bits per heavy atom. The van der Waals surface area contributed by atoms with Crippen LogP contribution in [0.25, 0.3) is 0 Å². The third-order valence-corrected chi connectivity index (χ3v) is 2.84. The van der Waals surface area contributed by atoms with Crippen LogP contribution in [0.3, 0.4) is 0 Å². The van der Waals surface area contributed by atoms with Gasteiger partial charge in [0.25, 0.3) is 0 Å². The molecule has 0 spiro atoms. The van der Waals surface area contributed by atoms with E-state index in [-0.39, 0.29) is 11.9 Å². The summed E-state index contributed by atoms with van der Waals surface area (Å²) >= 11 is 0. The third kappa shape index (κ3) is 4.98. The van der Waals surface area contributed by atoms with E-state index in [9.17, 15) is 4.79 Å². The van der Waals surface area contributed by atoms with Crippen molar-refractivity contribution in [3.63, 3.8) is 0 Å². The first-order valence-corrected chi connectivity index (χ1v) is 5.90. The van der Waals surface area contributed by atoms with Crippen molar-refractivity contribution >= 4 is 5.91 Å². The second kappa shape index (κ2) is 6.62. The van der Waals surface area contributed by atoms with Crippen LogP contribution < -0.4 is 10.6 Å². The molecule has 2 unspecified atom stereocenters. The highest BCUT2D eigenvalue weighted by atomic mass is 16.1. The van der Waals surface area contributed by atoms with Crippen molar-refractivity contribution in [1.29, 1.82) is 0 Å². The highest BCUT2D eigenvalue weighted by molar-refractivity contribution is 5.78. The first kappa shape index (κ1) is 12.2. The Bertz CT molecular complexity index is 226. The Balaban J connectivity index is 2.13. The maximum absolute atomic E-state index is 11.5. The van der Waals surface area contributed by atoms with Crippen LogP contribution >= 0.6 is 0 Å². The number of hydrogen-bond acceptors (Lipinski definition) is 2. The average molecular weight is 210 g/mol. The second-order valence-corrected chi connectivity index (χ2v) is 4.24. The minimum atomic E-state index is 0.110. The molecule has 3 nitrogen and oxygen atoms in total. The van der Waals surface area contributed by atoms with Gasteiger partial charge < -0.3 is 10.6 Å². The van der Waals surface area contributed by atoms with E-state index in [1.54, 1.807) is 0 Å². The van der Waals surface area contributed by atoms with Crippen molar-refractivity contribution in [1.82, 2.24) is 10.6 Å². The molecule has 0 heterocycles. The van der Waals surface area contributed by atoms with Crippen LogP contribution in [-0.2, 0) is 4.79 Å². The Kier molecular flexibility index (Phi) is 5.40. The molecule has 0 fully saturated rings. The zero-order valence-corrected chi connectivity index (χ0v) is 9.75. The first-order valence-electron chi connectivity index (χ1n) is 5.90. The fraction of sp³-hybridized carbons (Fsp3) is 0.750. The van der Waals surface area contributed by atoms with E-state index in [2.05, 4.69) is 29.7 Å². The number of carbonyl (C=O) groups excluding carboxylic acids is 1. The molecule has 1 aliphatic rings. The van der Waals surface area contributed by atoms with E-state index in [4.69, 9.17) is 0 Å². The standard InChI is InChI=1S/C12H22N2O/c1-3-10(2)14-12(15)9-13-11-7-5-4-6-8-11/h4-5,10-11,13H,3,6-9H2,1-2H3,(H,14,15). The molecule has 3 heteroatoms. The second-order valence-electron chi connectivity index (χ2n) is 4.24. The van der Waals surface area contributed by atoms with Gasteiger partial charge in [0.05, 0.1) is 6.54 Å². The average Bonchev–Trinajstić information content (AvgIpc) is 2.27.